The zero-order chi connectivity index (χ0) is 19.8. The van der Waals surface area contributed by atoms with Crippen molar-refractivity contribution < 1.29 is 9.53 Å². The van der Waals surface area contributed by atoms with E-state index in [-0.39, 0.29) is 5.91 Å². The van der Waals surface area contributed by atoms with Gasteiger partial charge in [-0.3, -0.25) is 4.79 Å². The topological polar surface area (TPSA) is 66.5 Å². The van der Waals surface area contributed by atoms with Crippen molar-refractivity contribution in [2.24, 2.45) is 0 Å². The van der Waals surface area contributed by atoms with E-state index in [9.17, 15) is 4.79 Å². The SMILES string of the molecule is CN(C)CCNC(=O)c1ccc(Nc2ccccc2Oc2ccccc2)nc1. The summed E-state index contributed by atoms with van der Waals surface area (Å²) in [5, 5.41) is 6.12. The first-order chi connectivity index (χ1) is 13.6. The highest BCUT2D eigenvalue weighted by atomic mass is 16.5. The molecule has 6 heteroatoms. The number of ether oxygens (including phenoxy) is 1. The molecule has 3 rings (SSSR count). The minimum absolute atomic E-state index is 0.131. The van der Waals surface area contributed by atoms with Crippen LogP contribution in [0, 0.1) is 0 Å². The van der Waals surface area contributed by atoms with Crippen molar-refractivity contribution in [1.29, 1.82) is 0 Å². The van der Waals surface area contributed by atoms with Crippen LogP contribution in [0.1, 0.15) is 10.4 Å². The average molecular weight is 376 g/mol. The van der Waals surface area contributed by atoms with Gasteiger partial charge in [-0.15, -0.1) is 0 Å². The van der Waals surface area contributed by atoms with E-state index in [1.165, 1.54) is 0 Å². The first kappa shape index (κ1) is 19.4. The quantitative estimate of drug-likeness (QED) is 0.624. The normalized spacial score (nSPS) is 10.5. The van der Waals surface area contributed by atoms with E-state index in [2.05, 4.69) is 15.6 Å². The van der Waals surface area contributed by atoms with Crippen molar-refractivity contribution in [3.63, 3.8) is 0 Å². The molecule has 0 aliphatic heterocycles. The average Bonchev–Trinajstić information content (AvgIpc) is 2.70. The molecule has 0 radical (unpaired) electrons. The highest BCUT2D eigenvalue weighted by Gasteiger charge is 2.08. The van der Waals surface area contributed by atoms with Crippen LogP contribution in [0.15, 0.2) is 72.9 Å². The molecule has 0 saturated carbocycles. The summed E-state index contributed by atoms with van der Waals surface area (Å²) in [5.74, 6) is 1.96. The van der Waals surface area contributed by atoms with Gasteiger partial charge in [0.2, 0.25) is 0 Å². The zero-order valence-corrected chi connectivity index (χ0v) is 16.1. The highest BCUT2D eigenvalue weighted by Crippen LogP contribution is 2.30. The number of anilines is 2. The molecule has 0 atom stereocenters. The second-order valence-corrected chi connectivity index (χ2v) is 6.53. The fourth-order valence-corrected chi connectivity index (χ4v) is 2.51. The molecule has 1 amide bonds. The number of para-hydroxylation sites is 3. The molecular formula is C22H24N4O2. The van der Waals surface area contributed by atoms with Crippen LogP contribution in [-0.2, 0) is 0 Å². The lowest BCUT2D eigenvalue weighted by Crippen LogP contribution is -2.31. The monoisotopic (exact) mass is 376 g/mol. The number of hydrogen-bond donors (Lipinski definition) is 2. The molecule has 2 aromatic carbocycles. The number of nitrogens with zero attached hydrogens (tertiary/aromatic N) is 2. The number of benzene rings is 2. The number of hydrogen-bond acceptors (Lipinski definition) is 5. The van der Waals surface area contributed by atoms with Gasteiger partial charge in [0.15, 0.2) is 5.75 Å². The molecule has 6 nitrogen and oxygen atoms in total. The lowest BCUT2D eigenvalue weighted by molar-refractivity contribution is 0.0950. The van der Waals surface area contributed by atoms with Gasteiger partial charge in [-0.05, 0) is 50.5 Å². The van der Waals surface area contributed by atoms with Crippen LogP contribution < -0.4 is 15.4 Å². The van der Waals surface area contributed by atoms with Crippen LogP contribution in [-0.4, -0.2) is 43.0 Å². The van der Waals surface area contributed by atoms with Gasteiger partial charge in [0.05, 0.1) is 11.3 Å². The second-order valence-electron chi connectivity index (χ2n) is 6.53. The number of aromatic nitrogens is 1. The van der Waals surface area contributed by atoms with E-state index in [0.717, 1.165) is 18.0 Å². The van der Waals surface area contributed by atoms with Gasteiger partial charge in [0.25, 0.3) is 5.91 Å². The predicted molar refractivity (Wildman–Crippen MR) is 111 cm³/mol. The van der Waals surface area contributed by atoms with Crippen molar-refractivity contribution in [2.45, 2.75) is 0 Å². The van der Waals surface area contributed by atoms with Gasteiger partial charge < -0.3 is 20.3 Å². The second kappa shape index (κ2) is 9.53. The van der Waals surface area contributed by atoms with Crippen LogP contribution in [0.25, 0.3) is 0 Å². The van der Waals surface area contributed by atoms with Crippen molar-refractivity contribution in [3.8, 4) is 11.5 Å². The maximum absolute atomic E-state index is 12.1. The zero-order valence-electron chi connectivity index (χ0n) is 16.1. The standard InChI is InChI=1S/C22H24N4O2/c1-26(2)15-14-23-22(27)17-12-13-21(24-16-17)25-19-10-6-7-11-20(19)28-18-8-4-3-5-9-18/h3-13,16H,14-15H2,1-2H3,(H,23,27)(H,24,25). The molecule has 2 N–H and O–H groups in total. The summed E-state index contributed by atoms with van der Waals surface area (Å²) >= 11 is 0. The first-order valence-corrected chi connectivity index (χ1v) is 9.10. The molecule has 0 fully saturated rings. The molecule has 28 heavy (non-hydrogen) atoms. The fraction of sp³-hybridized carbons (Fsp3) is 0.182. The number of nitrogens with one attached hydrogen (secondary N) is 2. The summed E-state index contributed by atoms with van der Waals surface area (Å²) in [5.41, 5.74) is 1.32. The predicted octanol–water partition coefficient (Wildman–Crippen LogP) is 3.91. The lowest BCUT2D eigenvalue weighted by atomic mass is 10.2. The Bertz CT molecular complexity index is 896. The van der Waals surface area contributed by atoms with Gasteiger partial charge in [0, 0.05) is 19.3 Å². The molecule has 0 aliphatic carbocycles. The summed E-state index contributed by atoms with van der Waals surface area (Å²) in [4.78, 5) is 18.5. The van der Waals surface area contributed by atoms with Gasteiger partial charge in [-0.2, -0.15) is 0 Å². The van der Waals surface area contributed by atoms with E-state index in [4.69, 9.17) is 4.74 Å². The third-order valence-corrected chi connectivity index (χ3v) is 3.99. The molecule has 0 spiro atoms. The van der Waals surface area contributed by atoms with Crippen LogP contribution in [0.4, 0.5) is 11.5 Å². The minimum atomic E-state index is -0.131. The van der Waals surface area contributed by atoms with Crippen LogP contribution in [0.3, 0.4) is 0 Å². The summed E-state index contributed by atoms with van der Waals surface area (Å²) in [7, 11) is 3.93. The van der Waals surface area contributed by atoms with E-state index in [1.54, 1.807) is 18.3 Å². The third-order valence-electron chi connectivity index (χ3n) is 3.99. The molecule has 0 aliphatic rings. The van der Waals surface area contributed by atoms with Gasteiger partial charge in [0.1, 0.15) is 11.6 Å². The summed E-state index contributed by atoms with van der Waals surface area (Å²) < 4.78 is 5.95. The summed E-state index contributed by atoms with van der Waals surface area (Å²) in [6, 6.07) is 20.8. The Hall–Kier alpha value is -3.38. The van der Waals surface area contributed by atoms with Gasteiger partial charge in [-0.1, -0.05) is 30.3 Å². The number of carbonyl (C=O) groups excluding carboxylic acids is 1. The fourth-order valence-electron chi connectivity index (χ4n) is 2.51. The number of amides is 1. The minimum Gasteiger partial charge on any atom is -0.455 e. The summed E-state index contributed by atoms with van der Waals surface area (Å²) in [6.45, 7) is 1.38. The summed E-state index contributed by atoms with van der Waals surface area (Å²) in [6.07, 6.45) is 1.56. The van der Waals surface area contributed by atoms with E-state index in [0.29, 0.717) is 23.7 Å². The molecule has 144 valence electrons. The first-order valence-electron chi connectivity index (χ1n) is 9.10. The molecule has 0 unspecified atom stereocenters. The van der Waals surface area contributed by atoms with Crippen LogP contribution in [0.2, 0.25) is 0 Å². The molecule has 0 saturated heterocycles. The number of pyridine rings is 1. The maximum Gasteiger partial charge on any atom is 0.252 e. The Morgan fingerprint density at radius 3 is 2.46 bits per heavy atom. The highest BCUT2D eigenvalue weighted by molar-refractivity contribution is 5.94. The third kappa shape index (κ3) is 5.56. The Morgan fingerprint density at radius 1 is 1.00 bits per heavy atom. The van der Waals surface area contributed by atoms with Crippen LogP contribution >= 0.6 is 0 Å². The van der Waals surface area contributed by atoms with Crippen LogP contribution in [0.5, 0.6) is 11.5 Å². The molecule has 3 aromatic rings. The van der Waals surface area contributed by atoms with Crippen molar-refractivity contribution >= 4 is 17.4 Å². The van der Waals surface area contributed by atoms with Crippen molar-refractivity contribution in [3.05, 3.63) is 78.5 Å². The number of rotatable bonds is 8. The molecule has 0 bridgehead atoms. The largest absolute Gasteiger partial charge is 0.455 e. The molecule has 1 aromatic heterocycles. The number of likely N-dealkylation sites (N-methyl/N-ethyl adjacent to an activating group) is 1. The van der Waals surface area contributed by atoms with E-state index in [1.807, 2.05) is 73.6 Å². The van der Waals surface area contributed by atoms with Gasteiger partial charge in [-0.25, -0.2) is 4.98 Å². The number of carbonyl (C=O) groups is 1. The Kier molecular flexibility index (Phi) is 6.59. The smallest absolute Gasteiger partial charge is 0.252 e. The van der Waals surface area contributed by atoms with E-state index < -0.39 is 0 Å². The maximum atomic E-state index is 12.1. The molecular weight excluding hydrogens is 352 g/mol. The van der Waals surface area contributed by atoms with Crippen molar-refractivity contribution in [2.75, 3.05) is 32.5 Å². The van der Waals surface area contributed by atoms with E-state index >= 15 is 0 Å². The Morgan fingerprint density at radius 2 is 1.75 bits per heavy atom. The molecule has 1 heterocycles. The lowest BCUT2D eigenvalue weighted by Gasteiger charge is -2.13. The Balaban J connectivity index is 1.65. The van der Waals surface area contributed by atoms with Crippen molar-refractivity contribution in [1.82, 2.24) is 15.2 Å². The van der Waals surface area contributed by atoms with Gasteiger partial charge >= 0.3 is 0 Å². The Labute approximate surface area is 165 Å².